The van der Waals surface area contributed by atoms with Gasteiger partial charge in [0.1, 0.15) is 6.04 Å². The van der Waals surface area contributed by atoms with E-state index in [-0.39, 0.29) is 30.5 Å². The van der Waals surface area contributed by atoms with Gasteiger partial charge in [0.2, 0.25) is 0 Å². The summed E-state index contributed by atoms with van der Waals surface area (Å²) in [6, 6.07) is -0.176. The van der Waals surface area contributed by atoms with Gasteiger partial charge >= 0.3 is 5.97 Å². The Hall–Kier alpha value is -0.320. The van der Waals surface area contributed by atoms with Crippen LogP contribution in [0.1, 0.15) is 6.42 Å². The maximum absolute atomic E-state index is 10.9. The van der Waals surface area contributed by atoms with Crippen LogP contribution in [0.4, 0.5) is 0 Å². The van der Waals surface area contributed by atoms with Gasteiger partial charge < -0.3 is 14.8 Å². The van der Waals surface area contributed by atoms with Crippen molar-refractivity contribution >= 4 is 18.4 Å². The van der Waals surface area contributed by atoms with Crippen molar-refractivity contribution in [2.75, 3.05) is 20.8 Å². The average Bonchev–Trinajstić information content (AvgIpc) is 2.50. The lowest BCUT2D eigenvalue weighted by Gasteiger charge is -2.06. The van der Waals surface area contributed by atoms with E-state index in [0.717, 1.165) is 6.54 Å². The van der Waals surface area contributed by atoms with E-state index in [4.69, 9.17) is 4.74 Å². The zero-order valence-electron chi connectivity index (χ0n) is 7.20. The van der Waals surface area contributed by atoms with E-state index < -0.39 is 0 Å². The highest BCUT2D eigenvalue weighted by Crippen LogP contribution is 2.09. The van der Waals surface area contributed by atoms with E-state index in [1.165, 1.54) is 7.11 Å². The maximum atomic E-state index is 10.9. The van der Waals surface area contributed by atoms with Crippen LogP contribution in [0, 0.1) is 0 Å². The zero-order valence-corrected chi connectivity index (χ0v) is 8.02. The summed E-state index contributed by atoms with van der Waals surface area (Å²) >= 11 is 0. The molecule has 0 aromatic carbocycles. The molecular formula is C7H14ClNO3. The Bertz CT molecular complexity index is 154. The predicted molar refractivity (Wildman–Crippen MR) is 46.5 cm³/mol. The molecule has 2 atom stereocenters. The highest BCUT2D eigenvalue weighted by Gasteiger charge is 2.29. The number of rotatable bonds is 2. The number of carbonyl (C=O) groups excluding carboxylic acids is 1. The number of ether oxygens (including phenoxy) is 2. The molecule has 0 unspecified atom stereocenters. The van der Waals surface area contributed by atoms with Crippen LogP contribution >= 0.6 is 12.4 Å². The van der Waals surface area contributed by atoms with Crippen LogP contribution in [0.2, 0.25) is 0 Å². The molecule has 0 aromatic rings. The van der Waals surface area contributed by atoms with Gasteiger partial charge in [0.25, 0.3) is 0 Å². The van der Waals surface area contributed by atoms with Crippen LogP contribution in [0.25, 0.3) is 0 Å². The van der Waals surface area contributed by atoms with Gasteiger partial charge in [-0.15, -0.1) is 12.4 Å². The number of hydrogen-bond donors (Lipinski definition) is 1. The van der Waals surface area contributed by atoms with Crippen molar-refractivity contribution in [1.29, 1.82) is 0 Å². The molecule has 72 valence electrons. The first kappa shape index (κ1) is 11.7. The molecule has 1 saturated heterocycles. The third-order valence-electron chi connectivity index (χ3n) is 1.91. The lowest BCUT2D eigenvalue weighted by Crippen LogP contribution is -2.31. The Balaban J connectivity index is 0.00000121. The van der Waals surface area contributed by atoms with Gasteiger partial charge in [-0.25, -0.2) is 0 Å². The molecule has 0 aliphatic carbocycles. The molecule has 1 aliphatic rings. The number of esters is 1. The van der Waals surface area contributed by atoms with Crippen molar-refractivity contribution in [2.45, 2.75) is 18.6 Å². The lowest BCUT2D eigenvalue weighted by atomic mass is 10.2. The summed E-state index contributed by atoms with van der Waals surface area (Å²) in [7, 11) is 3.04. The van der Waals surface area contributed by atoms with Crippen LogP contribution in [-0.2, 0) is 14.3 Å². The van der Waals surface area contributed by atoms with Crippen LogP contribution in [0.5, 0.6) is 0 Å². The topological polar surface area (TPSA) is 47.6 Å². The molecule has 0 aromatic heterocycles. The highest BCUT2D eigenvalue weighted by molar-refractivity contribution is 5.85. The average molecular weight is 196 g/mol. The second-order valence-electron chi connectivity index (χ2n) is 2.58. The lowest BCUT2D eigenvalue weighted by molar-refractivity contribution is -0.142. The van der Waals surface area contributed by atoms with Gasteiger partial charge in [-0.05, 0) is 0 Å². The molecule has 0 saturated carbocycles. The Kier molecular flexibility index (Phi) is 5.20. The molecule has 1 rings (SSSR count). The summed E-state index contributed by atoms with van der Waals surface area (Å²) in [6.07, 6.45) is 0.863. The van der Waals surface area contributed by atoms with E-state index in [1.54, 1.807) is 7.11 Å². The van der Waals surface area contributed by atoms with E-state index in [2.05, 4.69) is 10.1 Å². The summed E-state index contributed by atoms with van der Waals surface area (Å²) in [5.74, 6) is -0.204. The largest absolute Gasteiger partial charge is 0.468 e. The van der Waals surface area contributed by atoms with Crippen LogP contribution in [-0.4, -0.2) is 38.9 Å². The zero-order chi connectivity index (χ0) is 8.27. The minimum atomic E-state index is -0.204. The fourth-order valence-electron chi connectivity index (χ4n) is 1.20. The molecule has 0 bridgehead atoms. The number of carbonyl (C=O) groups is 1. The molecule has 0 spiro atoms. The van der Waals surface area contributed by atoms with Gasteiger partial charge in [-0.3, -0.25) is 4.79 Å². The molecule has 1 fully saturated rings. The minimum Gasteiger partial charge on any atom is -0.468 e. The van der Waals surface area contributed by atoms with Crippen LogP contribution in [0.15, 0.2) is 0 Å². The molecule has 12 heavy (non-hydrogen) atoms. The fourth-order valence-corrected chi connectivity index (χ4v) is 1.20. The molecule has 4 nitrogen and oxygen atoms in total. The number of hydrogen-bond acceptors (Lipinski definition) is 4. The van der Waals surface area contributed by atoms with Gasteiger partial charge in [0.05, 0.1) is 13.2 Å². The van der Waals surface area contributed by atoms with Gasteiger partial charge in [0, 0.05) is 20.1 Å². The first-order valence-corrected chi connectivity index (χ1v) is 3.62. The van der Waals surface area contributed by atoms with Gasteiger partial charge in [0.15, 0.2) is 0 Å². The van der Waals surface area contributed by atoms with Crippen LogP contribution in [0.3, 0.4) is 0 Å². The minimum absolute atomic E-state index is 0. The Morgan fingerprint density at radius 2 is 2.17 bits per heavy atom. The summed E-state index contributed by atoms with van der Waals surface area (Å²) < 4.78 is 9.64. The van der Waals surface area contributed by atoms with Crippen molar-refractivity contribution in [2.24, 2.45) is 0 Å². The first-order chi connectivity index (χ1) is 5.27. The van der Waals surface area contributed by atoms with Gasteiger partial charge in [-0.1, -0.05) is 0 Å². The third kappa shape index (κ3) is 2.62. The molecular weight excluding hydrogens is 182 g/mol. The molecule has 0 radical (unpaired) electrons. The Morgan fingerprint density at radius 1 is 1.50 bits per heavy atom. The van der Waals surface area contributed by atoms with Crippen molar-refractivity contribution in [1.82, 2.24) is 5.32 Å². The molecule has 1 aliphatic heterocycles. The predicted octanol–water partition coefficient (Wildman–Crippen LogP) is -0.0419. The number of nitrogens with one attached hydrogen (secondary N) is 1. The van der Waals surface area contributed by atoms with Crippen molar-refractivity contribution < 1.29 is 14.3 Å². The molecule has 1 heterocycles. The SMILES string of the molecule is COC(=O)[C@H]1C[C@H](OC)CN1.Cl. The highest BCUT2D eigenvalue weighted by atomic mass is 35.5. The van der Waals surface area contributed by atoms with Crippen molar-refractivity contribution in [3.05, 3.63) is 0 Å². The Morgan fingerprint density at radius 3 is 2.58 bits per heavy atom. The summed E-state index contributed by atoms with van der Waals surface area (Å²) in [5, 5.41) is 3.01. The fraction of sp³-hybridized carbons (Fsp3) is 0.857. The number of halogens is 1. The summed E-state index contributed by atoms with van der Waals surface area (Å²) in [4.78, 5) is 10.9. The van der Waals surface area contributed by atoms with E-state index >= 15 is 0 Å². The second kappa shape index (κ2) is 5.35. The smallest absolute Gasteiger partial charge is 0.322 e. The summed E-state index contributed by atoms with van der Waals surface area (Å²) in [5.41, 5.74) is 0. The quantitative estimate of drug-likeness (QED) is 0.629. The monoisotopic (exact) mass is 195 g/mol. The molecule has 5 heteroatoms. The van der Waals surface area contributed by atoms with Crippen LogP contribution < -0.4 is 5.32 Å². The normalized spacial score (nSPS) is 27.8. The van der Waals surface area contributed by atoms with E-state index in [9.17, 15) is 4.79 Å². The summed E-state index contributed by atoms with van der Waals surface area (Å²) in [6.45, 7) is 0.732. The van der Waals surface area contributed by atoms with Gasteiger partial charge in [-0.2, -0.15) is 0 Å². The van der Waals surface area contributed by atoms with E-state index in [1.807, 2.05) is 0 Å². The molecule has 1 N–H and O–H groups in total. The maximum Gasteiger partial charge on any atom is 0.322 e. The Labute approximate surface area is 78.0 Å². The van der Waals surface area contributed by atoms with Crippen molar-refractivity contribution in [3.63, 3.8) is 0 Å². The number of methoxy groups -OCH3 is 2. The first-order valence-electron chi connectivity index (χ1n) is 3.62. The van der Waals surface area contributed by atoms with Crippen molar-refractivity contribution in [3.8, 4) is 0 Å². The second-order valence-corrected chi connectivity index (χ2v) is 2.58. The standard InChI is InChI=1S/C7H13NO3.ClH/c1-10-5-3-6(8-4-5)7(9)11-2;/h5-6,8H,3-4H2,1-2H3;1H/t5-,6+;/m0./s1. The molecule has 0 amide bonds. The third-order valence-corrected chi connectivity index (χ3v) is 1.91. The van der Waals surface area contributed by atoms with E-state index in [0.29, 0.717) is 6.42 Å².